The third kappa shape index (κ3) is 3.39. The number of carbonyl (C=O) groups is 1. The Hall–Kier alpha value is -2.39. The Bertz CT molecular complexity index is 1010. The number of rotatable bonds is 4. The first-order chi connectivity index (χ1) is 14.1. The fourth-order valence-electron chi connectivity index (χ4n) is 5.16. The lowest BCUT2D eigenvalue weighted by Gasteiger charge is -2.42. The summed E-state index contributed by atoms with van der Waals surface area (Å²) in [5.41, 5.74) is 6.73. The van der Waals surface area contributed by atoms with Crippen LogP contribution < -0.4 is 0 Å². The van der Waals surface area contributed by atoms with E-state index in [1.807, 2.05) is 12.1 Å². The Labute approximate surface area is 179 Å². The molecule has 0 saturated carbocycles. The number of aromatic carboxylic acids is 1. The third-order valence-corrected chi connectivity index (χ3v) is 7.38. The van der Waals surface area contributed by atoms with E-state index in [1.54, 1.807) is 19.2 Å². The minimum Gasteiger partial charge on any atom is -0.478 e. The van der Waals surface area contributed by atoms with Gasteiger partial charge in [0.05, 0.1) is 5.56 Å². The molecule has 0 aromatic heterocycles. The minimum atomic E-state index is -0.907. The minimum absolute atomic E-state index is 0.186. The van der Waals surface area contributed by atoms with Gasteiger partial charge in [0, 0.05) is 7.11 Å². The SMILES string of the molecule is COC1(c2ccc(C(=O)O)cc2)C=C(c2ccc3c(c2)C(C)(C)CCC3(C)C)CC1. The zero-order valence-corrected chi connectivity index (χ0v) is 18.7. The average Bonchev–Trinajstić information content (AvgIpc) is 3.17. The summed E-state index contributed by atoms with van der Waals surface area (Å²) in [6.07, 6.45) is 6.46. The number of fused-ring (bicyclic) bond motifs is 1. The molecule has 0 bridgehead atoms. The van der Waals surface area contributed by atoms with Gasteiger partial charge >= 0.3 is 5.97 Å². The summed E-state index contributed by atoms with van der Waals surface area (Å²) < 4.78 is 6.00. The lowest BCUT2D eigenvalue weighted by Crippen LogP contribution is -2.33. The van der Waals surface area contributed by atoms with Crippen LogP contribution in [-0.2, 0) is 21.2 Å². The number of hydrogen-bond acceptors (Lipinski definition) is 2. The predicted octanol–water partition coefficient (Wildman–Crippen LogP) is 6.45. The maximum atomic E-state index is 11.2. The topological polar surface area (TPSA) is 46.5 Å². The van der Waals surface area contributed by atoms with Gasteiger partial charge in [0.1, 0.15) is 5.60 Å². The fraction of sp³-hybridized carbons (Fsp3) is 0.444. The molecule has 4 rings (SSSR count). The zero-order valence-electron chi connectivity index (χ0n) is 18.7. The van der Waals surface area contributed by atoms with Gasteiger partial charge in [-0.05, 0) is 82.5 Å². The summed E-state index contributed by atoms with van der Waals surface area (Å²) >= 11 is 0. The van der Waals surface area contributed by atoms with E-state index in [1.165, 1.54) is 35.1 Å². The maximum absolute atomic E-state index is 11.2. The van der Waals surface area contributed by atoms with Gasteiger partial charge in [-0.15, -0.1) is 0 Å². The van der Waals surface area contributed by atoms with Gasteiger partial charge in [-0.1, -0.05) is 58.0 Å². The maximum Gasteiger partial charge on any atom is 0.335 e. The summed E-state index contributed by atoms with van der Waals surface area (Å²) in [6.45, 7) is 9.42. The van der Waals surface area contributed by atoms with Crippen molar-refractivity contribution >= 4 is 11.5 Å². The van der Waals surface area contributed by atoms with Crippen LogP contribution in [0.1, 0.15) is 86.0 Å². The number of carboxylic acid groups (broad SMARTS) is 1. The number of hydrogen-bond donors (Lipinski definition) is 1. The first kappa shape index (κ1) is 20.9. The smallest absolute Gasteiger partial charge is 0.335 e. The van der Waals surface area contributed by atoms with Crippen molar-refractivity contribution in [3.05, 3.63) is 76.4 Å². The van der Waals surface area contributed by atoms with E-state index in [9.17, 15) is 9.90 Å². The Balaban J connectivity index is 1.73. The molecule has 0 fully saturated rings. The lowest BCUT2D eigenvalue weighted by atomic mass is 9.63. The Morgan fingerprint density at radius 2 is 1.53 bits per heavy atom. The van der Waals surface area contributed by atoms with E-state index in [0.717, 1.165) is 18.4 Å². The van der Waals surface area contributed by atoms with E-state index >= 15 is 0 Å². The van der Waals surface area contributed by atoms with Crippen LogP contribution in [0.15, 0.2) is 48.5 Å². The first-order valence-electron chi connectivity index (χ1n) is 10.8. The van der Waals surface area contributed by atoms with Crippen LogP contribution in [0.25, 0.3) is 5.57 Å². The van der Waals surface area contributed by atoms with Crippen LogP contribution in [0.2, 0.25) is 0 Å². The highest BCUT2D eigenvalue weighted by Gasteiger charge is 2.39. The number of methoxy groups -OCH3 is 1. The lowest BCUT2D eigenvalue weighted by molar-refractivity contribution is 0.0291. The van der Waals surface area contributed by atoms with Crippen molar-refractivity contribution in [3.8, 4) is 0 Å². The quantitative estimate of drug-likeness (QED) is 0.637. The molecule has 3 heteroatoms. The van der Waals surface area contributed by atoms with Crippen molar-refractivity contribution in [1.82, 2.24) is 0 Å². The molecule has 3 nitrogen and oxygen atoms in total. The molecule has 0 saturated heterocycles. The van der Waals surface area contributed by atoms with Crippen molar-refractivity contribution in [1.29, 1.82) is 0 Å². The average molecular weight is 405 g/mol. The Kier molecular flexibility index (Phi) is 4.93. The Morgan fingerprint density at radius 3 is 2.13 bits per heavy atom. The van der Waals surface area contributed by atoms with Crippen LogP contribution in [0.5, 0.6) is 0 Å². The van der Waals surface area contributed by atoms with Gasteiger partial charge in [0.15, 0.2) is 0 Å². The van der Waals surface area contributed by atoms with Crippen LogP contribution in [0, 0.1) is 0 Å². The molecule has 0 spiro atoms. The Morgan fingerprint density at radius 1 is 0.900 bits per heavy atom. The molecule has 0 heterocycles. The summed E-state index contributed by atoms with van der Waals surface area (Å²) in [4.78, 5) is 11.2. The summed E-state index contributed by atoms with van der Waals surface area (Å²) in [5, 5.41) is 9.19. The van der Waals surface area contributed by atoms with Gasteiger partial charge in [0.25, 0.3) is 0 Å². The van der Waals surface area contributed by atoms with E-state index in [0.29, 0.717) is 5.56 Å². The highest BCUT2D eigenvalue weighted by Crippen LogP contribution is 2.48. The second kappa shape index (κ2) is 7.09. The van der Waals surface area contributed by atoms with Crippen LogP contribution in [-0.4, -0.2) is 18.2 Å². The first-order valence-corrected chi connectivity index (χ1v) is 10.8. The van der Waals surface area contributed by atoms with Gasteiger partial charge in [-0.2, -0.15) is 0 Å². The molecule has 0 radical (unpaired) electrons. The molecule has 2 aliphatic carbocycles. The number of benzene rings is 2. The molecule has 2 aliphatic rings. The predicted molar refractivity (Wildman–Crippen MR) is 121 cm³/mol. The fourth-order valence-corrected chi connectivity index (χ4v) is 5.16. The van der Waals surface area contributed by atoms with Gasteiger partial charge < -0.3 is 9.84 Å². The number of carboxylic acids is 1. The normalized spacial score (nSPS) is 24.2. The van der Waals surface area contributed by atoms with Gasteiger partial charge in [-0.25, -0.2) is 4.79 Å². The van der Waals surface area contributed by atoms with Crippen LogP contribution in [0.3, 0.4) is 0 Å². The monoisotopic (exact) mass is 404 g/mol. The molecule has 1 unspecified atom stereocenters. The zero-order chi connectivity index (χ0) is 21.7. The second-order valence-corrected chi connectivity index (χ2v) is 10.2. The second-order valence-electron chi connectivity index (χ2n) is 10.2. The van der Waals surface area contributed by atoms with Crippen molar-refractivity contribution in [2.75, 3.05) is 7.11 Å². The highest BCUT2D eigenvalue weighted by molar-refractivity contribution is 5.87. The molecule has 1 atom stereocenters. The largest absolute Gasteiger partial charge is 0.478 e. The van der Waals surface area contributed by atoms with E-state index in [-0.39, 0.29) is 10.8 Å². The number of allylic oxidation sites excluding steroid dienone is 1. The molecule has 158 valence electrons. The number of ether oxygens (including phenoxy) is 1. The molecular weight excluding hydrogens is 372 g/mol. The van der Waals surface area contributed by atoms with Crippen molar-refractivity contribution in [2.24, 2.45) is 0 Å². The van der Waals surface area contributed by atoms with E-state index in [4.69, 9.17) is 4.74 Å². The molecular formula is C27H32O3. The van der Waals surface area contributed by atoms with Crippen molar-refractivity contribution < 1.29 is 14.6 Å². The van der Waals surface area contributed by atoms with Gasteiger partial charge in [0.2, 0.25) is 0 Å². The standard InChI is InChI=1S/C27H32O3/c1-25(2)14-15-26(3,4)23-16-19(8-11-22(23)25)20-12-13-27(17-20,30-5)21-9-6-18(7-10-21)24(28)29/h6-11,16-17H,12-15H2,1-5H3,(H,28,29). The summed E-state index contributed by atoms with van der Waals surface area (Å²) in [6, 6.07) is 14.1. The molecule has 1 N–H and O–H groups in total. The molecule has 0 aliphatic heterocycles. The van der Waals surface area contributed by atoms with Crippen molar-refractivity contribution in [3.63, 3.8) is 0 Å². The van der Waals surface area contributed by atoms with Crippen LogP contribution in [0.4, 0.5) is 0 Å². The summed E-state index contributed by atoms with van der Waals surface area (Å²) in [5.74, 6) is -0.907. The molecule has 0 amide bonds. The van der Waals surface area contributed by atoms with Crippen LogP contribution >= 0.6 is 0 Å². The highest BCUT2D eigenvalue weighted by atomic mass is 16.5. The molecule has 30 heavy (non-hydrogen) atoms. The third-order valence-electron chi connectivity index (χ3n) is 7.38. The van der Waals surface area contributed by atoms with E-state index < -0.39 is 11.6 Å². The summed E-state index contributed by atoms with van der Waals surface area (Å²) in [7, 11) is 1.74. The van der Waals surface area contributed by atoms with Gasteiger partial charge in [-0.3, -0.25) is 0 Å². The van der Waals surface area contributed by atoms with Crippen molar-refractivity contribution in [2.45, 2.75) is 69.8 Å². The molecule has 2 aromatic rings. The molecule has 2 aromatic carbocycles. The van der Waals surface area contributed by atoms with E-state index in [2.05, 4.69) is 52.0 Å².